The Balaban J connectivity index is 1.08. The maximum absolute atomic E-state index is 12.9. The van der Waals surface area contributed by atoms with E-state index >= 15 is 0 Å². The highest BCUT2D eigenvalue weighted by Crippen LogP contribution is 2.61. The summed E-state index contributed by atoms with van der Waals surface area (Å²) >= 11 is 0. The lowest BCUT2D eigenvalue weighted by Crippen LogP contribution is -2.47. The molecule has 0 atom stereocenters. The van der Waals surface area contributed by atoms with Crippen LogP contribution < -0.4 is 15.5 Å². The SMILES string of the molecule is Cc1cc(N2CCCCC2)nc(Nc2ccc(NC(=O)CC34CC5CC(CC(C5)C3)C4)cc2)n1. The van der Waals surface area contributed by atoms with Crippen molar-refractivity contribution in [3.8, 4) is 0 Å². The van der Waals surface area contributed by atoms with Gasteiger partial charge in [-0.25, -0.2) is 4.98 Å². The number of amides is 1. The Labute approximate surface area is 202 Å². The minimum atomic E-state index is 0.177. The average Bonchev–Trinajstić information content (AvgIpc) is 2.79. The highest BCUT2D eigenvalue weighted by Gasteiger charge is 2.51. The molecule has 0 unspecified atom stereocenters. The summed E-state index contributed by atoms with van der Waals surface area (Å²) in [6.07, 6.45) is 12.5. The maximum atomic E-state index is 12.9. The molecule has 6 heteroatoms. The molecule has 1 aromatic carbocycles. The second kappa shape index (κ2) is 8.86. The Kier molecular flexibility index (Phi) is 5.70. The molecule has 2 aromatic rings. The van der Waals surface area contributed by atoms with Crippen LogP contribution in [0, 0.1) is 30.1 Å². The van der Waals surface area contributed by atoms with Crippen LogP contribution in [0.4, 0.5) is 23.1 Å². The highest BCUT2D eigenvalue weighted by molar-refractivity contribution is 5.91. The standard InChI is InChI=1S/C28H37N5O/c1-19-11-25(33-9-3-2-4-10-33)32-27(29-19)31-24-7-5-23(6-8-24)30-26(34)18-28-15-20-12-21(16-28)14-22(13-20)17-28/h5-8,11,20-22H,2-4,9-10,12-18H2,1H3,(H,30,34)(H,29,31,32). The first-order valence-electron chi connectivity index (χ1n) is 13.3. The maximum Gasteiger partial charge on any atom is 0.229 e. The van der Waals surface area contributed by atoms with E-state index < -0.39 is 0 Å². The van der Waals surface area contributed by atoms with Crippen molar-refractivity contribution in [3.63, 3.8) is 0 Å². The molecule has 1 aromatic heterocycles. The van der Waals surface area contributed by atoms with Gasteiger partial charge in [0, 0.05) is 42.6 Å². The topological polar surface area (TPSA) is 70.2 Å². The molecule has 2 N–H and O–H groups in total. The van der Waals surface area contributed by atoms with Gasteiger partial charge in [0.15, 0.2) is 0 Å². The molecule has 4 bridgehead atoms. The molecule has 1 aliphatic heterocycles. The van der Waals surface area contributed by atoms with Crippen LogP contribution in [0.1, 0.15) is 69.9 Å². The van der Waals surface area contributed by atoms with E-state index in [1.807, 2.05) is 31.2 Å². The van der Waals surface area contributed by atoms with E-state index in [0.29, 0.717) is 12.4 Å². The van der Waals surface area contributed by atoms with Crippen molar-refractivity contribution in [3.05, 3.63) is 36.0 Å². The zero-order chi connectivity index (χ0) is 23.1. The van der Waals surface area contributed by atoms with Gasteiger partial charge in [-0.2, -0.15) is 4.98 Å². The number of anilines is 4. The molecule has 1 amide bonds. The molecule has 2 heterocycles. The monoisotopic (exact) mass is 459 g/mol. The summed E-state index contributed by atoms with van der Waals surface area (Å²) in [7, 11) is 0. The number of aromatic nitrogens is 2. The minimum Gasteiger partial charge on any atom is -0.356 e. The van der Waals surface area contributed by atoms with Crippen molar-refractivity contribution >= 4 is 29.0 Å². The lowest BCUT2D eigenvalue weighted by Gasteiger charge is -2.56. The number of aryl methyl sites for hydroxylation is 1. The van der Waals surface area contributed by atoms with E-state index in [1.165, 1.54) is 57.8 Å². The van der Waals surface area contributed by atoms with Crippen molar-refractivity contribution in [1.82, 2.24) is 9.97 Å². The van der Waals surface area contributed by atoms with E-state index in [9.17, 15) is 4.79 Å². The molecular formula is C28H37N5O. The normalized spacial score (nSPS) is 29.8. The zero-order valence-corrected chi connectivity index (χ0v) is 20.4. The van der Waals surface area contributed by atoms with Crippen molar-refractivity contribution in [2.45, 2.75) is 71.1 Å². The van der Waals surface area contributed by atoms with Gasteiger partial charge in [-0.1, -0.05) is 0 Å². The van der Waals surface area contributed by atoms with Crippen molar-refractivity contribution in [2.24, 2.45) is 23.2 Å². The summed E-state index contributed by atoms with van der Waals surface area (Å²) in [5, 5.41) is 6.51. The molecule has 0 radical (unpaired) electrons. The van der Waals surface area contributed by atoms with E-state index in [4.69, 9.17) is 4.98 Å². The van der Waals surface area contributed by atoms with Crippen molar-refractivity contribution in [2.75, 3.05) is 28.6 Å². The highest BCUT2D eigenvalue weighted by atomic mass is 16.1. The Hall–Kier alpha value is -2.63. The van der Waals surface area contributed by atoms with Crippen LogP contribution in [0.2, 0.25) is 0 Å². The zero-order valence-electron chi connectivity index (χ0n) is 20.4. The first-order chi connectivity index (χ1) is 16.5. The molecule has 6 nitrogen and oxygen atoms in total. The van der Waals surface area contributed by atoms with Gasteiger partial charge >= 0.3 is 0 Å². The summed E-state index contributed by atoms with van der Waals surface area (Å²) in [4.78, 5) is 24.6. The summed E-state index contributed by atoms with van der Waals surface area (Å²) in [6, 6.07) is 10.0. The lowest BCUT2D eigenvalue weighted by atomic mass is 9.49. The molecular weight excluding hydrogens is 422 g/mol. The molecule has 34 heavy (non-hydrogen) atoms. The van der Waals surface area contributed by atoms with Crippen LogP contribution in [0.25, 0.3) is 0 Å². The van der Waals surface area contributed by atoms with Crippen LogP contribution in [0.15, 0.2) is 30.3 Å². The van der Waals surface area contributed by atoms with Crippen molar-refractivity contribution < 1.29 is 4.79 Å². The van der Waals surface area contributed by atoms with Gasteiger partial charge in [0.2, 0.25) is 11.9 Å². The fraction of sp³-hybridized carbons (Fsp3) is 0.607. The van der Waals surface area contributed by atoms with Crippen LogP contribution in [-0.4, -0.2) is 29.0 Å². The van der Waals surface area contributed by atoms with Crippen LogP contribution >= 0.6 is 0 Å². The largest absolute Gasteiger partial charge is 0.356 e. The summed E-state index contributed by atoms with van der Waals surface area (Å²) in [6.45, 7) is 4.14. The van der Waals surface area contributed by atoms with E-state index in [0.717, 1.165) is 53.7 Å². The summed E-state index contributed by atoms with van der Waals surface area (Å²) < 4.78 is 0. The molecule has 0 spiro atoms. The quantitative estimate of drug-likeness (QED) is 0.549. The van der Waals surface area contributed by atoms with E-state index in [-0.39, 0.29) is 11.3 Å². The van der Waals surface area contributed by atoms with Crippen molar-refractivity contribution in [1.29, 1.82) is 0 Å². The number of hydrogen-bond donors (Lipinski definition) is 2. The fourth-order valence-corrected chi connectivity index (χ4v) is 7.71. The van der Waals surface area contributed by atoms with Gasteiger partial charge in [-0.3, -0.25) is 4.79 Å². The molecule has 7 rings (SSSR count). The van der Waals surface area contributed by atoms with Gasteiger partial charge < -0.3 is 15.5 Å². The fourth-order valence-electron chi connectivity index (χ4n) is 7.71. The van der Waals surface area contributed by atoms with Gasteiger partial charge in [-0.15, -0.1) is 0 Å². The second-order valence-electron chi connectivity index (χ2n) is 11.6. The third-order valence-corrected chi connectivity index (χ3v) is 8.65. The number of nitrogens with one attached hydrogen (secondary N) is 2. The Morgan fingerprint density at radius 2 is 1.56 bits per heavy atom. The number of rotatable bonds is 6. The molecule has 4 aliphatic carbocycles. The molecule has 5 fully saturated rings. The summed E-state index contributed by atoms with van der Waals surface area (Å²) in [5.41, 5.74) is 3.02. The second-order valence-corrected chi connectivity index (χ2v) is 11.6. The van der Waals surface area contributed by atoms with E-state index in [2.05, 4.69) is 26.6 Å². The smallest absolute Gasteiger partial charge is 0.229 e. The molecule has 4 saturated carbocycles. The van der Waals surface area contributed by atoms with Crippen LogP contribution in [0.5, 0.6) is 0 Å². The first kappa shape index (κ1) is 21.9. The van der Waals surface area contributed by atoms with Gasteiger partial charge in [-0.05, 0) is 112 Å². The number of benzene rings is 1. The van der Waals surface area contributed by atoms with Gasteiger partial charge in [0.25, 0.3) is 0 Å². The summed E-state index contributed by atoms with van der Waals surface area (Å²) in [5.74, 6) is 4.44. The van der Waals surface area contributed by atoms with Crippen LogP contribution in [-0.2, 0) is 4.79 Å². The predicted molar refractivity (Wildman–Crippen MR) is 136 cm³/mol. The van der Waals surface area contributed by atoms with Gasteiger partial charge in [0.1, 0.15) is 5.82 Å². The lowest BCUT2D eigenvalue weighted by molar-refractivity contribution is -0.124. The minimum absolute atomic E-state index is 0.177. The molecule has 1 saturated heterocycles. The number of hydrogen-bond acceptors (Lipinski definition) is 5. The first-order valence-corrected chi connectivity index (χ1v) is 13.3. The van der Waals surface area contributed by atoms with Gasteiger partial charge in [0.05, 0.1) is 0 Å². The number of piperidine rings is 1. The number of carbonyl (C=O) groups excluding carboxylic acids is 1. The third-order valence-electron chi connectivity index (χ3n) is 8.65. The van der Waals surface area contributed by atoms with E-state index in [1.54, 1.807) is 0 Å². The Bertz CT molecular complexity index is 1010. The number of nitrogens with zero attached hydrogens (tertiary/aromatic N) is 3. The Morgan fingerprint density at radius 1 is 0.941 bits per heavy atom. The average molecular weight is 460 g/mol. The van der Waals surface area contributed by atoms with Crippen LogP contribution in [0.3, 0.4) is 0 Å². The third kappa shape index (κ3) is 4.64. The predicted octanol–water partition coefficient (Wildman–Crippen LogP) is 6.06. The number of carbonyl (C=O) groups is 1. The Morgan fingerprint density at radius 3 is 2.21 bits per heavy atom. The molecule has 180 valence electrons. The molecule has 5 aliphatic rings.